The molecule has 0 saturated carbocycles. The van der Waals surface area contributed by atoms with Crippen molar-refractivity contribution in [3.63, 3.8) is 0 Å². The molecule has 3 aromatic rings. The first kappa shape index (κ1) is 18.8. The van der Waals surface area contributed by atoms with Crippen LogP contribution in [0.1, 0.15) is 11.6 Å². The summed E-state index contributed by atoms with van der Waals surface area (Å²) in [5.41, 5.74) is 0.854. The highest BCUT2D eigenvalue weighted by molar-refractivity contribution is 7.16. The Morgan fingerprint density at radius 2 is 2.00 bits per heavy atom. The Labute approximate surface area is 166 Å². The van der Waals surface area contributed by atoms with Gasteiger partial charge in [-0.1, -0.05) is 30.3 Å². The fourth-order valence-electron chi connectivity index (χ4n) is 3.36. The zero-order valence-electron chi connectivity index (χ0n) is 15.4. The van der Waals surface area contributed by atoms with Crippen LogP contribution in [0.4, 0.5) is 0 Å². The van der Waals surface area contributed by atoms with Crippen molar-refractivity contribution in [2.24, 2.45) is 0 Å². The average molecular weight is 398 g/mol. The van der Waals surface area contributed by atoms with Crippen LogP contribution >= 0.6 is 11.3 Å². The van der Waals surface area contributed by atoms with E-state index in [1.54, 1.807) is 6.07 Å². The minimum absolute atomic E-state index is 0.0515. The van der Waals surface area contributed by atoms with Crippen molar-refractivity contribution in [1.29, 1.82) is 0 Å². The molecule has 0 radical (unpaired) electrons. The van der Waals surface area contributed by atoms with Crippen LogP contribution in [0.25, 0.3) is 10.2 Å². The maximum absolute atomic E-state index is 12.7. The molecule has 146 valence electrons. The number of carbonyl (C=O) groups is 1. The summed E-state index contributed by atoms with van der Waals surface area (Å²) in [6, 6.07) is 11.5. The molecule has 1 amide bonds. The third kappa shape index (κ3) is 4.30. The molecule has 4 rings (SSSR count). The van der Waals surface area contributed by atoms with Gasteiger partial charge in [0.15, 0.2) is 0 Å². The number of hydrogen-bond donors (Lipinski definition) is 1. The van der Waals surface area contributed by atoms with Crippen LogP contribution in [0, 0.1) is 0 Å². The van der Waals surface area contributed by atoms with Crippen molar-refractivity contribution in [3.8, 4) is 0 Å². The number of thiophene rings is 1. The standard InChI is InChI=1S/C20H22N4O3S/c25-18(13-24-14-21-19-16(20(24)26)6-11-28-19)22-17(15-4-2-1-3-5-15)12-23-7-9-27-10-8-23/h1-6,11,14,17H,7-10,12-13H2,(H,22,25). The molecule has 28 heavy (non-hydrogen) atoms. The van der Waals surface area contributed by atoms with Gasteiger partial charge in [-0.25, -0.2) is 4.98 Å². The van der Waals surface area contributed by atoms with Gasteiger partial charge >= 0.3 is 0 Å². The summed E-state index contributed by atoms with van der Waals surface area (Å²) in [6.45, 7) is 3.75. The van der Waals surface area contributed by atoms with E-state index in [-0.39, 0.29) is 24.1 Å². The summed E-state index contributed by atoms with van der Waals surface area (Å²) in [5.74, 6) is -0.208. The van der Waals surface area contributed by atoms with Gasteiger partial charge in [0.25, 0.3) is 5.56 Å². The number of aromatic nitrogens is 2. The minimum atomic E-state index is -0.208. The molecule has 1 aromatic carbocycles. The quantitative estimate of drug-likeness (QED) is 0.683. The lowest BCUT2D eigenvalue weighted by molar-refractivity contribution is -0.122. The predicted molar refractivity (Wildman–Crippen MR) is 108 cm³/mol. The van der Waals surface area contributed by atoms with Crippen molar-refractivity contribution in [3.05, 3.63) is 64.0 Å². The molecule has 1 aliphatic rings. The number of nitrogens with zero attached hydrogens (tertiary/aromatic N) is 3. The molecule has 3 heterocycles. The second kappa shape index (κ2) is 8.64. The smallest absolute Gasteiger partial charge is 0.262 e. The number of nitrogens with one attached hydrogen (secondary N) is 1. The summed E-state index contributed by atoms with van der Waals surface area (Å²) in [5, 5.41) is 5.47. The Balaban J connectivity index is 1.49. The summed E-state index contributed by atoms with van der Waals surface area (Å²) >= 11 is 1.42. The van der Waals surface area contributed by atoms with E-state index in [0.29, 0.717) is 30.0 Å². The third-order valence-electron chi connectivity index (χ3n) is 4.85. The predicted octanol–water partition coefficient (Wildman–Crippen LogP) is 1.65. The molecule has 1 unspecified atom stereocenters. The van der Waals surface area contributed by atoms with Gasteiger partial charge in [0.1, 0.15) is 11.4 Å². The van der Waals surface area contributed by atoms with Crippen LogP contribution < -0.4 is 10.9 Å². The molecule has 7 nitrogen and oxygen atoms in total. The van der Waals surface area contributed by atoms with Gasteiger partial charge in [0.2, 0.25) is 5.91 Å². The average Bonchev–Trinajstić information content (AvgIpc) is 3.21. The fraction of sp³-hybridized carbons (Fsp3) is 0.350. The molecular weight excluding hydrogens is 376 g/mol. The maximum Gasteiger partial charge on any atom is 0.262 e. The molecule has 2 aromatic heterocycles. The summed E-state index contributed by atoms with van der Waals surface area (Å²) < 4.78 is 6.78. The number of amides is 1. The molecule has 8 heteroatoms. The highest BCUT2D eigenvalue weighted by Crippen LogP contribution is 2.16. The summed E-state index contributed by atoms with van der Waals surface area (Å²) in [7, 11) is 0. The van der Waals surface area contributed by atoms with Crippen molar-refractivity contribution in [1.82, 2.24) is 19.8 Å². The molecule has 1 aliphatic heterocycles. The number of hydrogen-bond acceptors (Lipinski definition) is 6. The lowest BCUT2D eigenvalue weighted by atomic mass is 10.1. The van der Waals surface area contributed by atoms with E-state index < -0.39 is 0 Å². The van der Waals surface area contributed by atoms with E-state index in [4.69, 9.17) is 4.74 Å². The zero-order chi connectivity index (χ0) is 19.3. The molecule has 1 saturated heterocycles. The molecule has 1 N–H and O–H groups in total. The first-order chi connectivity index (χ1) is 13.7. The van der Waals surface area contributed by atoms with E-state index in [1.165, 1.54) is 22.2 Å². The van der Waals surface area contributed by atoms with Crippen molar-refractivity contribution >= 4 is 27.5 Å². The number of benzene rings is 1. The SMILES string of the molecule is O=C(Cn1cnc2sccc2c1=O)NC(CN1CCOCC1)c1ccccc1. The third-order valence-corrected chi connectivity index (χ3v) is 5.67. The van der Waals surface area contributed by atoms with E-state index in [0.717, 1.165) is 18.7 Å². The van der Waals surface area contributed by atoms with Gasteiger partial charge in [-0.05, 0) is 17.0 Å². The molecular formula is C20H22N4O3S. The van der Waals surface area contributed by atoms with Crippen LogP contribution in [-0.2, 0) is 16.1 Å². The topological polar surface area (TPSA) is 76.5 Å². The van der Waals surface area contributed by atoms with Crippen LogP contribution in [0.5, 0.6) is 0 Å². The second-order valence-corrected chi connectivity index (χ2v) is 7.66. The van der Waals surface area contributed by atoms with Crippen LogP contribution in [0.3, 0.4) is 0 Å². The second-order valence-electron chi connectivity index (χ2n) is 6.76. The molecule has 0 aliphatic carbocycles. The van der Waals surface area contributed by atoms with Crippen LogP contribution in [0.2, 0.25) is 0 Å². The van der Waals surface area contributed by atoms with E-state index in [1.807, 2.05) is 35.7 Å². The largest absolute Gasteiger partial charge is 0.379 e. The van der Waals surface area contributed by atoms with Gasteiger partial charge in [-0.2, -0.15) is 0 Å². The molecule has 1 atom stereocenters. The van der Waals surface area contributed by atoms with Crippen molar-refractivity contribution in [2.45, 2.75) is 12.6 Å². The van der Waals surface area contributed by atoms with Gasteiger partial charge in [-0.15, -0.1) is 11.3 Å². The van der Waals surface area contributed by atoms with Crippen LogP contribution in [0.15, 0.2) is 52.9 Å². The molecule has 0 bridgehead atoms. The number of rotatable bonds is 6. The van der Waals surface area contributed by atoms with Crippen molar-refractivity contribution in [2.75, 3.05) is 32.8 Å². The first-order valence-corrected chi connectivity index (χ1v) is 10.2. The first-order valence-electron chi connectivity index (χ1n) is 9.28. The van der Waals surface area contributed by atoms with Crippen LogP contribution in [-0.4, -0.2) is 53.2 Å². The fourth-order valence-corrected chi connectivity index (χ4v) is 4.09. The number of carbonyl (C=O) groups excluding carboxylic acids is 1. The minimum Gasteiger partial charge on any atom is -0.379 e. The van der Waals surface area contributed by atoms with Gasteiger partial charge < -0.3 is 10.1 Å². The molecule has 0 spiro atoms. The van der Waals surface area contributed by atoms with Crippen molar-refractivity contribution < 1.29 is 9.53 Å². The Hall–Kier alpha value is -2.55. The van der Waals surface area contributed by atoms with Gasteiger partial charge in [-0.3, -0.25) is 19.1 Å². The summed E-state index contributed by atoms with van der Waals surface area (Å²) in [6.07, 6.45) is 1.44. The Bertz CT molecular complexity index is 995. The Morgan fingerprint density at radius 1 is 1.21 bits per heavy atom. The normalized spacial score (nSPS) is 16.1. The monoisotopic (exact) mass is 398 g/mol. The molecule has 1 fully saturated rings. The lowest BCUT2D eigenvalue weighted by Gasteiger charge is -2.31. The lowest BCUT2D eigenvalue weighted by Crippen LogP contribution is -2.44. The van der Waals surface area contributed by atoms with E-state index in [2.05, 4.69) is 15.2 Å². The number of morpholine rings is 1. The number of fused-ring (bicyclic) bond motifs is 1. The van der Waals surface area contributed by atoms with E-state index >= 15 is 0 Å². The number of ether oxygens (including phenoxy) is 1. The zero-order valence-corrected chi connectivity index (χ0v) is 16.2. The van der Waals surface area contributed by atoms with Gasteiger partial charge in [0.05, 0.1) is 31.0 Å². The Kier molecular flexibility index (Phi) is 5.80. The Morgan fingerprint density at radius 3 is 2.79 bits per heavy atom. The highest BCUT2D eigenvalue weighted by Gasteiger charge is 2.20. The summed E-state index contributed by atoms with van der Waals surface area (Å²) in [4.78, 5) is 32.5. The van der Waals surface area contributed by atoms with Gasteiger partial charge in [0, 0.05) is 19.6 Å². The van der Waals surface area contributed by atoms with E-state index in [9.17, 15) is 9.59 Å². The maximum atomic E-state index is 12.7. The highest BCUT2D eigenvalue weighted by atomic mass is 32.1.